The maximum Gasteiger partial charge on any atom is 0.417 e. The van der Waals surface area contributed by atoms with Crippen LogP contribution in [0.2, 0.25) is 0 Å². The van der Waals surface area contributed by atoms with Gasteiger partial charge in [0.15, 0.2) is 0 Å². The summed E-state index contributed by atoms with van der Waals surface area (Å²) >= 11 is 1.49. The molecular weight excluding hydrogens is 311 g/mol. The van der Waals surface area contributed by atoms with Crippen LogP contribution in [-0.2, 0) is 6.18 Å². The van der Waals surface area contributed by atoms with E-state index in [0.717, 1.165) is 43.8 Å². The minimum atomic E-state index is -4.33. The second kappa shape index (κ2) is 5.92. The fraction of sp³-hybridized carbons (Fsp3) is 0.667. The van der Waals surface area contributed by atoms with Gasteiger partial charge in [-0.15, -0.1) is 11.8 Å². The summed E-state index contributed by atoms with van der Waals surface area (Å²) in [6.45, 7) is 7.09. The SMILES string of the molecule is CC(C)N1CCN2c3ncc(C(F)(F)F)cc3SCC[C@@H]2C1. The summed E-state index contributed by atoms with van der Waals surface area (Å²) in [6, 6.07) is 2.09. The molecule has 22 heavy (non-hydrogen) atoms. The lowest BCUT2D eigenvalue weighted by Crippen LogP contribution is -2.55. The number of anilines is 1. The highest BCUT2D eigenvalue weighted by atomic mass is 32.2. The Labute approximate surface area is 132 Å². The van der Waals surface area contributed by atoms with E-state index in [4.69, 9.17) is 0 Å². The Hall–Kier alpha value is -0.950. The molecule has 0 radical (unpaired) electrons. The Balaban J connectivity index is 1.89. The number of nitrogens with zero attached hydrogens (tertiary/aromatic N) is 3. The normalized spacial score (nSPS) is 23.2. The zero-order valence-electron chi connectivity index (χ0n) is 12.7. The maximum absolute atomic E-state index is 12.9. The van der Waals surface area contributed by atoms with E-state index in [1.807, 2.05) is 0 Å². The van der Waals surface area contributed by atoms with E-state index < -0.39 is 11.7 Å². The van der Waals surface area contributed by atoms with Crippen LogP contribution in [0.5, 0.6) is 0 Å². The van der Waals surface area contributed by atoms with Gasteiger partial charge in [0.1, 0.15) is 5.82 Å². The monoisotopic (exact) mass is 331 g/mol. The molecule has 0 aliphatic carbocycles. The van der Waals surface area contributed by atoms with E-state index in [2.05, 4.69) is 28.6 Å². The molecule has 0 bridgehead atoms. The van der Waals surface area contributed by atoms with Gasteiger partial charge in [0.2, 0.25) is 0 Å². The lowest BCUT2D eigenvalue weighted by Gasteiger charge is -2.43. The number of alkyl halides is 3. The number of piperazine rings is 1. The zero-order valence-corrected chi connectivity index (χ0v) is 13.5. The van der Waals surface area contributed by atoms with Crippen LogP contribution in [0.1, 0.15) is 25.8 Å². The van der Waals surface area contributed by atoms with E-state index in [-0.39, 0.29) is 0 Å². The van der Waals surface area contributed by atoms with Crippen LogP contribution in [0.4, 0.5) is 19.0 Å². The molecule has 3 heterocycles. The number of hydrogen-bond acceptors (Lipinski definition) is 4. The molecular formula is C15H20F3N3S. The number of hydrogen-bond donors (Lipinski definition) is 0. The van der Waals surface area contributed by atoms with Crippen LogP contribution in [0.15, 0.2) is 17.2 Å². The topological polar surface area (TPSA) is 19.4 Å². The third-order valence-electron chi connectivity index (χ3n) is 4.39. The smallest absolute Gasteiger partial charge is 0.350 e. The highest BCUT2D eigenvalue weighted by Crippen LogP contribution is 2.39. The first kappa shape index (κ1) is 15.9. The average molecular weight is 331 g/mol. The molecule has 3 nitrogen and oxygen atoms in total. The van der Waals surface area contributed by atoms with Crippen LogP contribution in [0.3, 0.4) is 0 Å². The molecule has 1 aromatic heterocycles. The first-order chi connectivity index (χ1) is 10.4. The largest absolute Gasteiger partial charge is 0.417 e. The van der Waals surface area contributed by atoms with Gasteiger partial charge < -0.3 is 4.90 Å². The molecule has 1 aromatic rings. The number of thioether (sulfide) groups is 1. The predicted molar refractivity (Wildman–Crippen MR) is 82.4 cm³/mol. The van der Waals surface area contributed by atoms with Gasteiger partial charge in [0.05, 0.1) is 10.5 Å². The van der Waals surface area contributed by atoms with Crippen molar-refractivity contribution >= 4 is 17.6 Å². The van der Waals surface area contributed by atoms with Gasteiger partial charge in [-0.3, -0.25) is 4.90 Å². The van der Waals surface area contributed by atoms with E-state index >= 15 is 0 Å². The van der Waals surface area contributed by atoms with Gasteiger partial charge in [0, 0.05) is 43.7 Å². The molecule has 0 spiro atoms. The molecule has 2 aliphatic heterocycles. The lowest BCUT2D eigenvalue weighted by atomic mass is 10.1. The number of fused-ring (bicyclic) bond motifs is 3. The highest BCUT2D eigenvalue weighted by Gasteiger charge is 2.35. The van der Waals surface area contributed by atoms with Crippen LogP contribution in [0, 0.1) is 0 Å². The van der Waals surface area contributed by atoms with Crippen molar-refractivity contribution in [2.24, 2.45) is 0 Å². The predicted octanol–water partition coefficient (Wildman–Crippen LogP) is 3.50. The van der Waals surface area contributed by atoms with Crippen LogP contribution in [0.25, 0.3) is 0 Å². The van der Waals surface area contributed by atoms with Crippen molar-refractivity contribution in [2.45, 2.75) is 43.4 Å². The Bertz CT molecular complexity index is 547. The summed E-state index contributed by atoms with van der Waals surface area (Å²) in [4.78, 5) is 9.46. The Morgan fingerprint density at radius 3 is 2.77 bits per heavy atom. The van der Waals surface area contributed by atoms with E-state index in [9.17, 15) is 13.2 Å². The van der Waals surface area contributed by atoms with Crippen LogP contribution < -0.4 is 4.90 Å². The fourth-order valence-electron chi connectivity index (χ4n) is 3.09. The van der Waals surface area contributed by atoms with Crippen LogP contribution in [-0.4, -0.2) is 47.4 Å². The standard InChI is InChI=1S/C15H20F3N3S/c1-10(2)20-4-5-21-12(9-20)3-6-22-13-7-11(15(16,17)18)8-19-14(13)21/h7-8,10,12H,3-6,9H2,1-2H3/t12-/m1/s1. The van der Waals surface area contributed by atoms with Gasteiger partial charge in [-0.2, -0.15) is 13.2 Å². The summed E-state index contributed by atoms with van der Waals surface area (Å²) < 4.78 is 38.6. The molecule has 0 unspecified atom stereocenters. The molecule has 3 rings (SSSR count). The number of pyridine rings is 1. The Morgan fingerprint density at radius 1 is 1.32 bits per heavy atom. The molecule has 0 amide bonds. The minimum absolute atomic E-state index is 0.342. The Kier molecular flexibility index (Phi) is 4.29. The third kappa shape index (κ3) is 3.06. The molecule has 1 atom stereocenters. The molecule has 1 fully saturated rings. The molecule has 2 aliphatic rings. The van der Waals surface area contributed by atoms with Crippen molar-refractivity contribution < 1.29 is 13.2 Å². The first-order valence-electron chi connectivity index (χ1n) is 7.57. The quantitative estimate of drug-likeness (QED) is 0.784. The van der Waals surface area contributed by atoms with Gasteiger partial charge in [-0.05, 0) is 26.3 Å². The van der Waals surface area contributed by atoms with Crippen molar-refractivity contribution in [2.75, 3.05) is 30.3 Å². The van der Waals surface area contributed by atoms with Crippen LogP contribution >= 0.6 is 11.8 Å². The lowest BCUT2D eigenvalue weighted by molar-refractivity contribution is -0.138. The van der Waals surface area contributed by atoms with Crippen molar-refractivity contribution in [3.05, 3.63) is 17.8 Å². The van der Waals surface area contributed by atoms with Crippen molar-refractivity contribution in [1.29, 1.82) is 0 Å². The van der Waals surface area contributed by atoms with Gasteiger partial charge in [-0.1, -0.05) is 0 Å². The molecule has 7 heteroatoms. The molecule has 122 valence electrons. The summed E-state index contributed by atoms with van der Waals surface area (Å²) in [6.07, 6.45) is -2.38. The number of halogens is 3. The summed E-state index contributed by atoms with van der Waals surface area (Å²) in [7, 11) is 0. The van der Waals surface area contributed by atoms with E-state index in [1.165, 1.54) is 17.8 Å². The highest BCUT2D eigenvalue weighted by molar-refractivity contribution is 7.99. The molecule has 0 aromatic carbocycles. The number of aromatic nitrogens is 1. The fourth-order valence-corrected chi connectivity index (χ4v) is 4.21. The Morgan fingerprint density at radius 2 is 2.09 bits per heavy atom. The third-order valence-corrected chi connectivity index (χ3v) is 5.44. The van der Waals surface area contributed by atoms with E-state index in [1.54, 1.807) is 0 Å². The molecule has 0 N–H and O–H groups in total. The second-order valence-electron chi connectivity index (χ2n) is 6.12. The number of rotatable bonds is 1. The minimum Gasteiger partial charge on any atom is -0.350 e. The zero-order chi connectivity index (χ0) is 15.9. The molecule has 1 saturated heterocycles. The van der Waals surface area contributed by atoms with Crippen molar-refractivity contribution in [3.8, 4) is 0 Å². The van der Waals surface area contributed by atoms with E-state index in [0.29, 0.717) is 17.0 Å². The van der Waals surface area contributed by atoms with Crippen molar-refractivity contribution in [1.82, 2.24) is 9.88 Å². The van der Waals surface area contributed by atoms with Gasteiger partial charge >= 0.3 is 6.18 Å². The summed E-state index contributed by atoms with van der Waals surface area (Å²) in [5.41, 5.74) is -0.655. The summed E-state index contributed by atoms with van der Waals surface area (Å²) in [5.74, 6) is 1.56. The van der Waals surface area contributed by atoms with Gasteiger partial charge in [-0.25, -0.2) is 4.98 Å². The molecule has 0 saturated carbocycles. The maximum atomic E-state index is 12.9. The second-order valence-corrected chi connectivity index (χ2v) is 7.25. The average Bonchev–Trinajstić information content (AvgIpc) is 2.64. The van der Waals surface area contributed by atoms with Crippen molar-refractivity contribution in [3.63, 3.8) is 0 Å². The summed E-state index contributed by atoms with van der Waals surface area (Å²) in [5, 5.41) is 0. The van der Waals surface area contributed by atoms with Gasteiger partial charge in [0.25, 0.3) is 0 Å². The first-order valence-corrected chi connectivity index (χ1v) is 8.55.